The third kappa shape index (κ3) is 5.89. The van der Waals surface area contributed by atoms with E-state index in [9.17, 15) is 19.7 Å². The molecule has 0 saturated heterocycles. The number of rotatable bonds is 5. The normalized spacial score (nSPS) is 9.93. The molecule has 0 spiro atoms. The van der Waals surface area contributed by atoms with Gasteiger partial charge in [0, 0.05) is 11.1 Å². The number of amides is 2. The molecule has 0 aliphatic rings. The van der Waals surface area contributed by atoms with E-state index in [1.807, 2.05) is 0 Å². The van der Waals surface area contributed by atoms with Crippen molar-refractivity contribution in [2.75, 3.05) is 6.61 Å². The summed E-state index contributed by atoms with van der Waals surface area (Å²) in [4.78, 5) is 34.2. The fraction of sp³-hybridized carbons (Fsp3) is 0.118. The Morgan fingerprint density at radius 3 is 2.61 bits per heavy atom. The number of hydrazine groups is 1. The van der Waals surface area contributed by atoms with Crippen molar-refractivity contribution >= 4 is 46.4 Å². The first-order chi connectivity index (χ1) is 13.3. The van der Waals surface area contributed by atoms with Crippen molar-refractivity contribution in [3.05, 3.63) is 68.7 Å². The van der Waals surface area contributed by atoms with Gasteiger partial charge in [-0.15, -0.1) is 0 Å². The second kappa shape index (κ2) is 9.62. The van der Waals surface area contributed by atoms with Crippen LogP contribution in [0.2, 0.25) is 5.02 Å². The number of ether oxygens (including phenoxy) is 1. The summed E-state index contributed by atoms with van der Waals surface area (Å²) in [5, 5.41) is 13.6. The van der Waals surface area contributed by atoms with Gasteiger partial charge in [0.05, 0.1) is 4.92 Å². The molecule has 0 unspecified atom stereocenters. The summed E-state index contributed by atoms with van der Waals surface area (Å²) < 4.78 is 5.37. The van der Waals surface area contributed by atoms with Crippen LogP contribution in [0.4, 0.5) is 5.69 Å². The minimum absolute atomic E-state index is 0.157. The maximum atomic E-state index is 12.1. The molecule has 0 heterocycles. The zero-order chi connectivity index (χ0) is 20.7. The predicted octanol–water partition coefficient (Wildman–Crippen LogP) is 2.27. The van der Waals surface area contributed by atoms with Gasteiger partial charge >= 0.3 is 0 Å². The molecule has 28 heavy (non-hydrogen) atoms. The van der Waals surface area contributed by atoms with E-state index >= 15 is 0 Å². The Morgan fingerprint density at radius 2 is 1.93 bits per heavy atom. The lowest BCUT2D eigenvalue weighted by atomic mass is 10.2. The van der Waals surface area contributed by atoms with E-state index in [1.165, 1.54) is 24.3 Å². The largest absolute Gasteiger partial charge is 0.483 e. The molecule has 3 N–H and O–H groups in total. The molecule has 146 valence electrons. The fourth-order valence-corrected chi connectivity index (χ4v) is 2.51. The number of carbonyl (C=O) groups excluding carboxylic acids is 2. The number of hydrogen-bond acceptors (Lipinski definition) is 6. The number of thiocarbonyl (C=S) groups is 1. The van der Waals surface area contributed by atoms with Gasteiger partial charge in [-0.05, 0) is 49.0 Å². The lowest BCUT2D eigenvalue weighted by Gasteiger charge is -2.12. The number of aryl methyl sites for hydroxylation is 1. The van der Waals surface area contributed by atoms with Crippen LogP contribution in [0.25, 0.3) is 0 Å². The Kier molecular flexibility index (Phi) is 7.24. The molecule has 2 amide bonds. The highest BCUT2D eigenvalue weighted by atomic mass is 35.5. The third-order valence-corrected chi connectivity index (χ3v) is 3.82. The minimum Gasteiger partial charge on any atom is -0.483 e. The number of hydrogen-bond donors (Lipinski definition) is 3. The summed E-state index contributed by atoms with van der Waals surface area (Å²) in [5.74, 6) is -0.855. The maximum absolute atomic E-state index is 12.1. The third-order valence-electron chi connectivity index (χ3n) is 3.38. The average Bonchev–Trinajstić information content (AvgIpc) is 2.65. The van der Waals surface area contributed by atoms with Gasteiger partial charge in [0.2, 0.25) is 0 Å². The van der Waals surface area contributed by atoms with Gasteiger partial charge in [-0.2, -0.15) is 0 Å². The number of para-hydroxylation sites is 1. The van der Waals surface area contributed by atoms with Gasteiger partial charge in [-0.25, -0.2) is 0 Å². The maximum Gasteiger partial charge on any atom is 0.282 e. The quantitative estimate of drug-likeness (QED) is 0.383. The summed E-state index contributed by atoms with van der Waals surface area (Å²) in [5.41, 5.74) is 4.73. The first-order valence-electron chi connectivity index (χ1n) is 7.80. The number of halogens is 1. The van der Waals surface area contributed by atoms with Crippen molar-refractivity contribution in [3.63, 3.8) is 0 Å². The second-order valence-electron chi connectivity index (χ2n) is 5.43. The van der Waals surface area contributed by atoms with Gasteiger partial charge in [0.15, 0.2) is 11.7 Å². The van der Waals surface area contributed by atoms with Crippen molar-refractivity contribution in [3.8, 4) is 5.75 Å². The molecule has 0 aliphatic heterocycles. The van der Waals surface area contributed by atoms with Crippen LogP contribution < -0.4 is 20.9 Å². The monoisotopic (exact) mass is 422 g/mol. The zero-order valence-corrected chi connectivity index (χ0v) is 16.1. The Hall–Kier alpha value is -3.24. The number of nitrogens with one attached hydrogen (secondary N) is 3. The summed E-state index contributed by atoms with van der Waals surface area (Å²) in [6, 6.07) is 10.4. The summed E-state index contributed by atoms with van der Waals surface area (Å²) >= 11 is 10.7. The van der Waals surface area contributed by atoms with E-state index in [0.29, 0.717) is 10.8 Å². The van der Waals surface area contributed by atoms with Gasteiger partial charge in [-0.3, -0.25) is 35.9 Å². The second-order valence-corrected chi connectivity index (χ2v) is 6.27. The molecule has 0 aliphatic carbocycles. The number of nitrogens with zero attached hydrogens (tertiary/aromatic N) is 1. The first kappa shape index (κ1) is 21.1. The van der Waals surface area contributed by atoms with E-state index in [-0.39, 0.29) is 23.0 Å². The summed E-state index contributed by atoms with van der Waals surface area (Å²) in [7, 11) is 0. The summed E-state index contributed by atoms with van der Waals surface area (Å²) in [6.07, 6.45) is 0. The molecule has 2 rings (SSSR count). The van der Waals surface area contributed by atoms with Crippen LogP contribution in [0, 0.1) is 17.0 Å². The molecule has 0 atom stereocenters. The van der Waals surface area contributed by atoms with Gasteiger partial charge in [0.1, 0.15) is 11.3 Å². The van der Waals surface area contributed by atoms with E-state index in [1.54, 1.807) is 25.1 Å². The number of benzene rings is 2. The van der Waals surface area contributed by atoms with Crippen LogP contribution >= 0.6 is 23.8 Å². The van der Waals surface area contributed by atoms with Gasteiger partial charge in [-0.1, -0.05) is 23.7 Å². The average molecular weight is 423 g/mol. The predicted molar refractivity (Wildman–Crippen MR) is 106 cm³/mol. The van der Waals surface area contributed by atoms with Crippen molar-refractivity contribution in [2.45, 2.75) is 6.92 Å². The highest BCUT2D eigenvalue weighted by molar-refractivity contribution is 7.80. The Labute approximate surface area is 170 Å². The van der Waals surface area contributed by atoms with Crippen molar-refractivity contribution in [2.24, 2.45) is 0 Å². The lowest BCUT2D eigenvalue weighted by molar-refractivity contribution is -0.385. The van der Waals surface area contributed by atoms with Crippen LogP contribution in [0.15, 0.2) is 42.5 Å². The number of nitro benzene ring substituents is 1. The standard InChI is InChI=1S/C17H15ClN4O5S/c1-10-8-11(18)6-7-14(10)27-9-15(23)19-17(28)21-20-16(24)12-4-2-3-5-13(12)22(25)26/h2-8H,9H2,1H3,(H,20,24)(H2,19,21,23,28). The number of nitro groups is 1. The SMILES string of the molecule is Cc1cc(Cl)ccc1OCC(=O)NC(=S)NNC(=O)c1ccccc1[N+](=O)[O-]. The molecule has 0 radical (unpaired) electrons. The van der Waals surface area contributed by atoms with Crippen LogP contribution in [0.1, 0.15) is 15.9 Å². The highest BCUT2D eigenvalue weighted by Crippen LogP contribution is 2.21. The number of carbonyl (C=O) groups is 2. The molecule has 2 aromatic rings. The van der Waals surface area contributed by atoms with Crippen LogP contribution in [0.3, 0.4) is 0 Å². The van der Waals surface area contributed by atoms with E-state index in [4.69, 9.17) is 28.6 Å². The van der Waals surface area contributed by atoms with E-state index in [2.05, 4.69) is 16.2 Å². The summed E-state index contributed by atoms with van der Waals surface area (Å²) in [6.45, 7) is 1.46. The Morgan fingerprint density at radius 1 is 1.21 bits per heavy atom. The molecule has 0 bridgehead atoms. The smallest absolute Gasteiger partial charge is 0.282 e. The molecule has 0 aromatic heterocycles. The first-order valence-corrected chi connectivity index (χ1v) is 8.59. The van der Waals surface area contributed by atoms with Crippen molar-refractivity contribution < 1.29 is 19.2 Å². The van der Waals surface area contributed by atoms with E-state index < -0.39 is 16.7 Å². The molecular weight excluding hydrogens is 408 g/mol. The van der Waals surface area contributed by atoms with Crippen molar-refractivity contribution in [1.29, 1.82) is 0 Å². The fourth-order valence-electron chi connectivity index (χ4n) is 2.12. The molecule has 9 nitrogen and oxygen atoms in total. The topological polar surface area (TPSA) is 123 Å². The Balaban J connectivity index is 1.83. The molecule has 11 heteroatoms. The van der Waals surface area contributed by atoms with E-state index in [0.717, 1.165) is 5.56 Å². The molecule has 2 aromatic carbocycles. The van der Waals surface area contributed by atoms with Crippen molar-refractivity contribution in [1.82, 2.24) is 16.2 Å². The Bertz CT molecular complexity index is 938. The highest BCUT2D eigenvalue weighted by Gasteiger charge is 2.19. The minimum atomic E-state index is -0.781. The van der Waals surface area contributed by atoms with Crippen LogP contribution in [-0.2, 0) is 4.79 Å². The molecule has 0 fully saturated rings. The van der Waals surface area contributed by atoms with Gasteiger partial charge < -0.3 is 4.74 Å². The lowest BCUT2D eigenvalue weighted by Crippen LogP contribution is -2.49. The zero-order valence-electron chi connectivity index (χ0n) is 14.5. The molecule has 0 saturated carbocycles. The molecular formula is C17H15ClN4O5S. The van der Waals surface area contributed by atoms with Crippen LogP contribution in [-0.4, -0.2) is 28.5 Å². The van der Waals surface area contributed by atoms with Crippen LogP contribution in [0.5, 0.6) is 5.75 Å². The van der Waals surface area contributed by atoms with Gasteiger partial charge in [0.25, 0.3) is 17.5 Å².